The average molecular weight is 391 g/mol. The Labute approximate surface area is 158 Å². The van der Waals surface area contributed by atoms with Crippen LogP contribution in [0.2, 0.25) is 0 Å². The number of nitrogens with zero attached hydrogens (tertiary/aromatic N) is 3. The molecule has 3 aromatic rings. The van der Waals surface area contributed by atoms with Crippen LogP contribution in [0.4, 0.5) is 14.7 Å². The number of hydrogen-bond acceptors (Lipinski definition) is 6. The molecule has 0 radical (unpaired) electrons. The van der Waals surface area contributed by atoms with Gasteiger partial charge in [-0.25, -0.2) is 13.8 Å². The van der Waals surface area contributed by atoms with E-state index < -0.39 is 23.8 Å². The van der Waals surface area contributed by atoms with Gasteiger partial charge in [0.25, 0.3) is 12.0 Å². The summed E-state index contributed by atoms with van der Waals surface area (Å²) < 4.78 is 40.5. The zero-order valence-electron chi connectivity index (χ0n) is 14.8. The second-order valence-electron chi connectivity index (χ2n) is 6.73. The first-order chi connectivity index (χ1) is 13.5. The number of nitrogen functional groups attached to an aromatic ring is 1. The normalized spacial score (nSPS) is 22.3. The highest BCUT2D eigenvalue weighted by Crippen LogP contribution is 2.41. The van der Waals surface area contributed by atoms with Crippen molar-refractivity contribution < 1.29 is 18.3 Å². The van der Waals surface area contributed by atoms with Gasteiger partial charge in [-0.3, -0.25) is 14.3 Å². The second-order valence-corrected chi connectivity index (χ2v) is 6.73. The number of hydrogen-bond donors (Lipinski definition) is 2. The van der Waals surface area contributed by atoms with Gasteiger partial charge in [-0.05, 0) is 18.4 Å². The van der Waals surface area contributed by atoms with Gasteiger partial charge in [-0.2, -0.15) is 4.98 Å². The SMILES string of the molecule is Nc1nc2c(ncn2C2CCC(COCc3ccccc3)(C(F)F)O2)c(=O)[nH]1. The standard InChI is InChI=1S/C18H19F2N5O3/c19-16(20)18(9-27-8-11-4-2-1-3-5-11)7-6-12(28-18)25-10-22-13-14(25)23-17(21)24-15(13)26/h1-5,10,12,16H,6-9H2,(H3,21,23,24,26). The maximum atomic E-state index is 13.9. The molecule has 1 saturated heterocycles. The number of rotatable bonds is 6. The zero-order chi connectivity index (χ0) is 19.7. The van der Waals surface area contributed by atoms with Gasteiger partial charge in [0.1, 0.15) is 6.23 Å². The third-order valence-corrected chi connectivity index (χ3v) is 4.80. The monoisotopic (exact) mass is 391 g/mol. The third-order valence-electron chi connectivity index (χ3n) is 4.80. The molecule has 1 aliphatic rings. The summed E-state index contributed by atoms with van der Waals surface area (Å²) in [5, 5.41) is 0. The van der Waals surface area contributed by atoms with Crippen molar-refractivity contribution >= 4 is 17.1 Å². The molecule has 3 heterocycles. The van der Waals surface area contributed by atoms with Crippen LogP contribution in [-0.2, 0) is 16.1 Å². The van der Waals surface area contributed by atoms with Crippen LogP contribution in [0.15, 0.2) is 41.5 Å². The van der Waals surface area contributed by atoms with E-state index in [0.717, 1.165) is 5.56 Å². The first-order valence-electron chi connectivity index (χ1n) is 8.78. The molecule has 0 saturated carbocycles. The molecule has 1 aliphatic heterocycles. The molecule has 1 aromatic carbocycles. The molecule has 1 fully saturated rings. The van der Waals surface area contributed by atoms with Crippen LogP contribution in [0.1, 0.15) is 24.6 Å². The van der Waals surface area contributed by atoms with Crippen LogP contribution in [0.3, 0.4) is 0 Å². The number of aromatic nitrogens is 4. The Hall–Kier alpha value is -2.85. The number of H-pyrrole nitrogens is 1. The first kappa shape index (κ1) is 18.5. The fourth-order valence-electron chi connectivity index (χ4n) is 3.35. The van der Waals surface area contributed by atoms with E-state index in [9.17, 15) is 13.6 Å². The summed E-state index contributed by atoms with van der Waals surface area (Å²) in [4.78, 5) is 22.3. The van der Waals surface area contributed by atoms with E-state index in [1.807, 2.05) is 30.3 Å². The van der Waals surface area contributed by atoms with Crippen molar-refractivity contribution in [3.63, 3.8) is 0 Å². The summed E-state index contributed by atoms with van der Waals surface area (Å²) in [5.74, 6) is -0.0800. The highest BCUT2D eigenvalue weighted by Gasteiger charge is 2.49. The molecular weight excluding hydrogens is 372 g/mol. The highest BCUT2D eigenvalue weighted by atomic mass is 19.3. The van der Waals surface area contributed by atoms with E-state index in [4.69, 9.17) is 15.2 Å². The minimum atomic E-state index is -2.73. The smallest absolute Gasteiger partial charge is 0.280 e. The molecule has 0 spiro atoms. The van der Waals surface area contributed by atoms with Crippen molar-refractivity contribution in [2.75, 3.05) is 12.3 Å². The number of alkyl halides is 2. The summed E-state index contributed by atoms with van der Waals surface area (Å²) in [6, 6.07) is 9.30. The molecule has 2 unspecified atom stereocenters. The van der Waals surface area contributed by atoms with Crippen LogP contribution < -0.4 is 11.3 Å². The fraction of sp³-hybridized carbons (Fsp3) is 0.389. The lowest BCUT2D eigenvalue weighted by atomic mass is 10.0. The fourth-order valence-corrected chi connectivity index (χ4v) is 3.35. The van der Waals surface area contributed by atoms with Crippen LogP contribution >= 0.6 is 0 Å². The van der Waals surface area contributed by atoms with Gasteiger partial charge in [-0.1, -0.05) is 30.3 Å². The number of ether oxygens (including phenoxy) is 2. The maximum absolute atomic E-state index is 13.9. The van der Waals surface area contributed by atoms with Crippen molar-refractivity contribution in [3.8, 4) is 0 Å². The number of fused-ring (bicyclic) bond motifs is 1. The molecule has 4 rings (SSSR count). The molecule has 148 valence electrons. The quantitative estimate of drug-likeness (QED) is 0.667. The average Bonchev–Trinajstić information content (AvgIpc) is 3.28. The van der Waals surface area contributed by atoms with E-state index in [1.54, 1.807) is 0 Å². The number of nitrogens with one attached hydrogen (secondary N) is 1. The van der Waals surface area contributed by atoms with Crippen molar-refractivity contribution in [2.45, 2.75) is 37.7 Å². The van der Waals surface area contributed by atoms with E-state index in [0.29, 0.717) is 6.42 Å². The van der Waals surface area contributed by atoms with Gasteiger partial charge in [0.2, 0.25) is 5.95 Å². The van der Waals surface area contributed by atoms with Crippen molar-refractivity contribution in [2.24, 2.45) is 0 Å². The molecule has 10 heteroatoms. The lowest BCUT2D eigenvalue weighted by molar-refractivity contribution is -0.179. The molecule has 2 atom stereocenters. The number of aromatic amines is 1. The largest absolute Gasteiger partial charge is 0.374 e. The van der Waals surface area contributed by atoms with Crippen molar-refractivity contribution in [1.82, 2.24) is 19.5 Å². The van der Waals surface area contributed by atoms with Gasteiger partial charge < -0.3 is 15.2 Å². The lowest BCUT2D eigenvalue weighted by Crippen LogP contribution is -2.42. The zero-order valence-corrected chi connectivity index (χ0v) is 14.8. The van der Waals surface area contributed by atoms with Gasteiger partial charge in [0.05, 0.1) is 19.5 Å². The van der Waals surface area contributed by atoms with E-state index >= 15 is 0 Å². The Morgan fingerprint density at radius 2 is 2.18 bits per heavy atom. The maximum Gasteiger partial charge on any atom is 0.280 e. The predicted molar refractivity (Wildman–Crippen MR) is 96.8 cm³/mol. The second kappa shape index (κ2) is 7.28. The Morgan fingerprint density at radius 3 is 2.93 bits per heavy atom. The molecule has 0 bridgehead atoms. The van der Waals surface area contributed by atoms with Crippen LogP contribution in [-0.4, -0.2) is 38.2 Å². The predicted octanol–water partition coefficient (Wildman–Crippen LogP) is 2.23. The summed E-state index contributed by atoms with van der Waals surface area (Å²) in [5.41, 5.74) is 4.52. The van der Waals surface area contributed by atoms with Gasteiger partial charge >= 0.3 is 0 Å². The molecule has 28 heavy (non-hydrogen) atoms. The molecule has 8 nitrogen and oxygen atoms in total. The van der Waals surface area contributed by atoms with Gasteiger partial charge in [0, 0.05) is 0 Å². The molecule has 2 aromatic heterocycles. The van der Waals surface area contributed by atoms with Gasteiger partial charge in [-0.15, -0.1) is 0 Å². The van der Waals surface area contributed by atoms with E-state index in [2.05, 4.69) is 15.0 Å². The molecule has 3 N–H and O–H groups in total. The van der Waals surface area contributed by atoms with Crippen molar-refractivity contribution in [3.05, 3.63) is 52.6 Å². The highest BCUT2D eigenvalue weighted by molar-refractivity contribution is 5.70. The number of benzene rings is 1. The lowest BCUT2D eigenvalue weighted by Gasteiger charge is -2.28. The first-order valence-corrected chi connectivity index (χ1v) is 8.78. The number of anilines is 1. The Balaban J connectivity index is 1.52. The van der Waals surface area contributed by atoms with Crippen LogP contribution in [0.25, 0.3) is 11.2 Å². The van der Waals surface area contributed by atoms with E-state index in [-0.39, 0.29) is 36.7 Å². The topological polar surface area (TPSA) is 108 Å². The summed E-state index contributed by atoms with van der Waals surface area (Å²) in [6.07, 6.45) is -1.72. The minimum absolute atomic E-state index is 0.0766. The minimum Gasteiger partial charge on any atom is -0.374 e. The van der Waals surface area contributed by atoms with Crippen LogP contribution in [0, 0.1) is 0 Å². The number of imidazole rings is 1. The molecule has 0 amide bonds. The summed E-state index contributed by atoms with van der Waals surface area (Å²) >= 11 is 0. The Morgan fingerprint density at radius 1 is 1.39 bits per heavy atom. The molecule has 0 aliphatic carbocycles. The number of halogens is 2. The van der Waals surface area contributed by atoms with Crippen LogP contribution in [0.5, 0.6) is 0 Å². The Kier molecular flexibility index (Phi) is 4.82. The third kappa shape index (κ3) is 3.36. The Bertz CT molecular complexity index is 1020. The van der Waals surface area contributed by atoms with Crippen molar-refractivity contribution in [1.29, 1.82) is 0 Å². The van der Waals surface area contributed by atoms with Gasteiger partial charge in [0.15, 0.2) is 16.8 Å². The molecular formula is C18H19F2N5O3. The summed E-state index contributed by atoms with van der Waals surface area (Å²) in [7, 11) is 0. The number of nitrogens with two attached hydrogens (primary N) is 1. The summed E-state index contributed by atoms with van der Waals surface area (Å²) in [6.45, 7) is -0.0380. The van der Waals surface area contributed by atoms with E-state index in [1.165, 1.54) is 10.9 Å².